The van der Waals surface area contributed by atoms with Crippen molar-refractivity contribution in [3.05, 3.63) is 59.0 Å². The van der Waals surface area contributed by atoms with Gasteiger partial charge in [-0.2, -0.15) is 0 Å². The number of anilines is 1. The van der Waals surface area contributed by atoms with Crippen LogP contribution in [0.4, 0.5) is 14.6 Å². The molecule has 1 aliphatic heterocycles. The molecule has 2 aromatic carbocycles. The summed E-state index contributed by atoms with van der Waals surface area (Å²) in [5, 5.41) is 12.6. The normalized spacial score (nSPS) is 18.7. The largest absolute Gasteiger partial charge is 0.388 e. The average molecular weight is 463 g/mol. The Bertz CT molecular complexity index is 1430. The van der Waals surface area contributed by atoms with Crippen LogP contribution in [-0.4, -0.2) is 38.7 Å². The van der Waals surface area contributed by atoms with Crippen molar-refractivity contribution in [2.24, 2.45) is 0 Å². The molecule has 7 heteroatoms. The van der Waals surface area contributed by atoms with E-state index in [1.54, 1.807) is 26.1 Å². The number of aliphatic hydroxyl groups is 1. The number of benzene rings is 2. The van der Waals surface area contributed by atoms with Crippen molar-refractivity contribution in [3.8, 4) is 11.3 Å². The second-order valence-corrected chi connectivity index (χ2v) is 9.59. The highest BCUT2D eigenvalue weighted by atomic mass is 19.1. The molecule has 0 aliphatic carbocycles. The molecule has 1 atom stereocenters. The van der Waals surface area contributed by atoms with Gasteiger partial charge < -0.3 is 10.0 Å². The second-order valence-electron chi connectivity index (χ2n) is 9.59. The van der Waals surface area contributed by atoms with Gasteiger partial charge in [0.15, 0.2) is 5.82 Å². The minimum atomic E-state index is -0.837. The Balaban J connectivity index is 1.76. The topological polar surface area (TPSA) is 62.1 Å². The number of piperidine rings is 1. The van der Waals surface area contributed by atoms with Crippen LogP contribution in [-0.2, 0) is 6.42 Å². The SMILES string of the molecule is CCc1c(F)ccc2cc(C)cc(-c3ncc4c(N5CCCC(C)(O)C5)nc(C)nc4c3F)c12. The molecule has 0 radical (unpaired) electrons. The number of fused-ring (bicyclic) bond motifs is 2. The molecule has 1 fully saturated rings. The number of aryl methyl sites for hydroxylation is 3. The third kappa shape index (κ3) is 3.78. The lowest BCUT2D eigenvalue weighted by atomic mass is 9.93. The summed E-state index contributed by atoms with van der Waals surface area (Å²) in [5.74, 6) is 0.165. The van der Waals surface area contributed by atoms with Crippen molar-refractivity contribution in [1.29, 1.82) is 0 Å². The molecule has 1 saturated heterocycles. The van der Waals surface area contributed by atoms with Gasteiger partial charge in [0, 0.05) is 24.8 Å². The summed E-state index contributed by atoms with van der Waals surface area (Å²) < 4.78 is 30.8. The Morgan fingerprint density at radius 3 is 2.68 bits per heavy atom. The first kappa shape index (κ1) is 22.6. The summed E-state index contributed by atoms with van der Waals surface area (Å²) >= 11 is 0. The first-order valence-corrected chi connectivity index (χ1v) is 11.7. The molecule has 1 unspecified atom stereocenters. The molecule has 5 nitrogen and oxygen atoms in total. The molecule has 5 rings (SSSR count). The maximum atomic E-state index is 16.1. The highest BCUT2D eigenvalue weighted by Gasteiger charge is 2.31. The molecule has 3 heterocycles. The van der Waals surface area contributed by atoms with Gasteiger partial charge in [0.1, 0.15) is 28.7 Å². The molecule has 4 aromatic rings. The molecule has 0 saturated carbocycles. The maximum Gasteiger partial charge on any atom is 0.175 e. The quantitative estimate of drug-likeness (QED) is 0.426. The molecule has 1 N–H and O–H groups in total. The van der Waals surface area contributed by atoms with E-state index in [0.717, 1.165) is 17.4 Å². The fourth-order valence-electron chi connectivity index (χ4n) is 5.18. The fraction of sp³-hybridized carbons (Fsp3) is 0.370. The number of hydrogen-bond donors (Lipinski definition) is 1. The highest BCUT2D eigenvalue weighted by molar-refractivity contribution is 6.01. The fourth-order valence-corrected chi connectivity index (χ4v) is 5.18. The Hall–Kier alpha value is -3.19. The number of nitrogens with zero attached hydrogens (tertiary/aromatic N) is 4. The number of hydrogen-bond acceptors (Lipinski definition) is 5. The molecule has 2 aromatic heterocycles. The molecular weight excluding hydrogens is 434 g/mol. The summed E-state index contributed by atoms with van der Waals surface area (Å²) in [6.07, 6.45) is 3.60. The van der Waals surface area contributed by atoms with Crippen molar-refractivity contribution >= 4 is 27.5 Å². The van der Waals surface area contributed by atoms with E-state index in [1.807, 2.05) is 30.9 Å². The van der Waals surface area contributed by atoms with Gasteiger partial charge in [0.25, 0.3) is 0 Å². The Morgan fingerprint density at radius 1 is 1.15 bits per heavy atom. The monoisotopic (exact) mass is 462 g/mol. The zero-order valence-electron chi connectivity index (χ0n) is 19.9. The van der Waals surface area contributed by atoms with Crippen LogP contribution < -0.4 is 4.90 Å². The number of aromatic nitrogens is 3. The standard InChI is InChI=1S/C27H28F2N4O/c1-5-18-21(28)8-7-17-11-15(2)12-19(22(17)18)24-23(29)25-20(13-30-24)26(32-16(3)31-25)33-10-6-9-27(4,34)14-33/h7-8,11-13,34H,5-6,9-10,14H2,1-4H3. The van der Waals surface area contributed by atoms with Crippen molar-refractivity contribution in [1.82, 2.24) is 15.0 Å². The number of β-amino-alcohol motifs (C(OH)–C–C–N with tert-alkyl or cyclic N) is 1. The van der Waals surface area contributed by atoms with Crippen molar-refractivity contribution in [2.75, 3.05) is 18.0 Å². The summed E-state index contributed by atoms with van der Waals surface area (Å²) in [4.78, 5) is 15.5. The lowest BCUT2D eigenvalue weighted by molar-refractivity contribution is 0.0448. The molecule has 176 valence electrons. The first-order valence-electron chi connectivity index (χ1n) is 11.7. The molecule has 0 spiro atoms. The van der Waals surface area contributed by atoms with Gasteiger partial charge in [0.05, 0.1) is 11.0 Å². The zero-order chi connectivity index (χ0) is 24.2. The van der Waals surface area contributed by atoms with Crippen molar-refractivity contribution < 1.29 is 13.9 Å². The predicted octanol–water partition coefficient (Wildman–Crippen LogP) is 5.65. The van der Waals surface area contributed by atoms with Gasteiger partial charge in [-0.05, 0) is 74.1 Å². The third-order valence-corrected chi connectivity index (χ3v) is 6.67. The van der Waals surface area contributed by atoms with E-state index in [9.17, 15) is 9.50 Å². The van der Waals surface area contributed by atoms with Gasteiger partial charge in [-0.15, -0.1) is 0 Å². The van der Waals surface area contributed by atoms with E-state index in [1.165, 1.54) is 6.07 Å². The van der Waals surface area contributed by atoms with Crippen LogP contribution in [0.5, 0.6) is 0 Å². The van der Waals surface area contributed by atoms with Gasteiger partial charge in [-0.1, -0.05) is 19.1 Å². The van der Waals surface area contributed by atoms with E-state index < -0.39 is 11.4 Å². The minimum Gasteiger partial charge on any atom is -0.388 e. The summed E-state index contributed by atoms with van der Waals surface area (Å²) in [5.41, 5.74) is 1.54. The lowest BCUT2D eigenvalue weighted by Gasteiger charge is -2.38. The Kier molecular flexibility index (Phi) is 5.47. The minimum absolute atomic E-state index is 0.149. The molecule has 34 heavy (non-hydrogen) atoms. The Labute approximate surface area is 197 Å². The highest BCUT2D eigenvalue weighted by Crippen LogP contribution is 2.37. The van der Waals surface area contributed by atoms with E-state index in [-0.39, 0.29) is 17.0 Å². The van der Waals surface area contributed by atoms with Crippen LogP contribution in [0.3, 0.4) is 0 Å². The zero-order valence-corrected chi connectivity index (χ0v) is 19.9. The van der Waals surface area contributed by atoms with Gasteiger partial charge >= 0.3 is 0 Å². The van der Waals surface area contributed by atoms with Crippen LogP contribution in [0, 0.1) is 25.5 Å². The van der Waals surface area contributed by atoms with E-state index in [0.29, 0.717) is 59.5 Å². The number of halogens is 2. The summed E-state index contributed by atoms with van der Waals surface area (Å²) in [6.45, 7) is 8.48. The number of rotatable bonds is 3. The molecule has 0 bridgehead atoms. The lowest BCUT2D eigenvalue weighted by Crippen LogP contribution is -2.46. The smallest absolute Gasteiger partial charge is 0.175 e. The molecule has 1 aliphatic rings. The Morgan fingerprint density at radius 2 is 1.94 bits per heavy atom. The second kappa shape index (κ2) is 8.24. The van der Waals surface area contributed by atoms with Crippen LogP contribution in [0.1, 0.15) is 43.6 Å². The predicted molar refractivity (Wildman–Crippen MR) is 131 cm³/mol. The summed E-state index contributed by atoms with van der Waals surface area (Å²) in [6, 6.07) is 7.02. The maximum absolute atomic E-state index is 16.1. The van der Waals surface area contributed by atoms with Crippen LogP contribution in [0.2, 0.25) is 0 Å². The van der Waals surface area contributed by atoms with Crippen molar-refractivity contribution in [3.63, 3.8) is 0 Å². The van der Waals surface area contributed by atoms with Gasteiger partial charge in [-0.3, -0.25) is 4.98 Å². The average Bonchev–Trinajstić information content (AvgIpc) is 2.78. The first-order chi connectivity index (χ1) is 16.2. The number of pyridine rings is 1. The van der Waals surface area contributed by atoms with Crippen LogP contribution >= 0.6 is 0 Å². The van der Waals surface area contributed by atoms with E-state index >= 15 is 4.39 Å². The van der Waals surface area contributed by atoms with Crippen LogP contribution in [0.25, 0.3) is 32.9 Å². The molecule has 0 amide bonds. The van der Waals surface area contributed by atoms with Crippen LogP contribution in [0.15, 0.2) is 30.5 Å². The molecular formula is C27H28F2N4O. The van der Waals surface area contributed by atoms with Gasteiger partial charge in [-0.25, -0.2) is 18.7 Å². The van der Waals surface area contributed by atoms with E-state index in [2.05, 4.69) is 15.0 Å². The van der Waals surface area contributed by atoms with E-state index in [4.69, 9.17) is 0 Å². The van der Waals surface area contributed by atoms with Crippen molar-refractivity contribution in [2.45, 2.75) is 52.6 Å². The third-order valence-electron chi connectivity index (χ3n) is 6.67. The summed E-state index contributed by atoms with van der Waals surface area (Å²) in [7, 11) is 0. The van der Waals surface area contributed by atoms with Gasteiger partial charge in [0.2, 0.25) is 0 Å².